The first-order valence-corrected chi connectivity index (χ1v) is 10.7. The van der Waals surface area contributed by atoms with Crippen molar-refractivity contribution in [3.63, 3.8) is 0 Å². The average molecular weight is 419 g/mol. The molecule has 1 aromatic carbocycles. The van der Waals surface area contributed by atoms with Gasteiger partial charge in [0.1, 0.15) is 17.2 Å². The Morgan fingerprint density at radius 3 is 2.81 bits per heavy atom. The van der Waals surface area contributed by atoms with Gasteiger partial charge in [-0.05, 0) is 66.2 Å². The highest BCUT2D eigenvalue weighted by Gasteiger charge is 2.60. The van der Waals surface area contributed by atoms with Gasteiger partial charge in [0.2, 0.25) is 0 Å². The summed E-state index contributed by atoms with van der Waals surface area (Å²) in [5, 5.41) is 0.277. The summed E-state index contributed by atoms with van der Waals surface area (Å²) in [4.78, 5) is 11.9. The van der Waals surface area contributed by atoms with Gasteiger partial charge >= 0.3 is 5.97 Å². The summed E-state index contributed by atoms with van der Waals surface area (Å²) >= 11 is 3.23. The molecule has 4 heteroatoms. The SMILES string of the molecule is COc1ccc2c(c1)C=CC1(C)C2CCC2(C)C(OC(=O)CBr)CCC12. The third-order valence-corrected chi connectivity index (χ3v) is 7.85. The second-order valence-electron chi connectivity index (χ2n) is 8.53. The minimum absolute atomic E-state index is 0.0426. The Kier molecular flexibility index (Phi) is 4.45. The van der Waals surface area contributed by atoms with Gasteiger partial charge in [-0.1, -0.05) is 48.0 Å². The van der Waals surface area contributed by atoms with Gasteiger partial charge in [-0.25, -0.2) is 0 Å². The summed E-state index contributed by atoms with van der Waals surface area (Å²) in [5.74, 6) is 1.84. The Hall–Kier alpha value is -1.29. The zero-order valence-electron chi connectivity index (χ0n) is 15.8. The van der Waals surface area contributed by atoms with E-state index in [1.165, 1.54) is 11.1 Å². The third-order valence-electron chi connectivity index (χ3n) is 7.40. The molecule has 0 spiro atoms. The van der Waals surface area contributed by atoms with Crippen LogP contribution in [0.2, 0.25) is 0 Å². The molecule has 140 valence electrons. The van der Waals surface area contributed by atoms with E-state index in [0.29, 0.717) is 11.8 Å². The number of allylic oxidation sites excluding steroid dienone is 1. The van der Waals surface area contributed by atoms with E-state index in [1.807, 2.05) is 0 Å². The average Bonchev–Trinajstić information content (AvgIpc) is 2.98. The predicted octanol–water partition coefficient (Wildman–Crippen LogP) is 5.33. The van der Waals surface area contributed by atoms with Crippen molar-refractivity contribution in [1.82, 2.24) is 0 Å². The molecule has 0 radical (unpaired) electrons. The first-order valence-electron chi connectivity index (χ1n) is 9.55. The van der Waals surface area contributed by atoms with Crippen LogP contribution in [0.1, 0.15) is 56.6 Å². The van der Waals surface area contributed by atoms with E-state index in [-0.39, 0.29) is 28.2 Å². The van der Waals surface area contributed by atoms with E-state index in [4.69, 9.17) is 9.47 Å². The molecule has 2 fully saturated rings. The van der Waals surface area contributed by atoms with Gasteiger partial charge in [-0.15, -0.1) is 0 Å². The molecule has 5 unspecified atom stereocenters. The Morgan fingerprint density at radius 2 is 2.08 bits per heavy atom. The van der Waals surface area contributed by atoms with Gasteiger partial charge in [0.25, 0.3) is 0 Å². The maximum absolute atomic E-state index is 11.9. The Labute approximate surface area is 164 Å². The Morgan fingerprint density at radius 1 is 1.27 bits per heavy atom. The summed E-state index contributed by atoms with van der Waals surface area (Å²) in [6, 6.07) is 6.48. The number of ether oxygens (including phenoxy) is 2. The fourth-order valence-electron chi connectivity index (χ4n) is 6.09. The van der Waals surface area contributed by atoms with E-state index in [2.05, 4.69) is 60.1 Å². The van der Waals surface area contributed by atoms with Crippen LogP contribution >= 0.6 is 15.9 Å². The van der Waals surface area contributed by atoms with Crippen molar-refractivity contribution in [1.29, 1.82) is 0 Å². The van der Waals surface area contributed by atoms with Crippen LogP contribution in [0.5, 0.6) is 5.75 Å². The van der Waals surface area contributed by atoms with Gasteiger partial charge in [0.15, 0.2) is 0 Å². The van der Waals surface area contributed by atoms with Crippen molar-refractivity contribution in [2.45, 2.75) is 51.6 Å². The summed E-state index contributed by atoms with van der Waals surface area (Å²) in [6.45, 7) is 4.76. The highest BCUT2D eigenvalue weighted by Crippen LogP contribution is 2.66. The fourth-order valence-corrected chi connectivity index (χ4v) is 6.22. The maximum Gasteiger partial charge on any atom is 0.316 e. The second-order valence-corrected chi connectivity index (χ2v) is 9.09. The molecular weight excluding hydrogens is 392 g/mol. The topological polar surface area (TPSA) is 35.5 Å². The lowest BCUT2D eigenvalue weighted by atomic mass is 9.50. The predicted molar refractivity (Wildman–Crippen MR) is 107 cm³/mol. The minimum atomic E-state index is -0.138. The van der Waals surface area contributed by atoms with Gasteiger partial charge in [0.05, 0.1) is 7.11 Å². The first kappa shape index (κ1) is 18.1. The number of esters is 1. The van der Waals surface area contributed by atoms with Gasteiger partial charge in [-0.2, -0.15) is 0 Å². The van der Waals surface area contributed by atoms with Crippen LogP contribution in [-0.4, -0.2) is 24.5 Å². The minimum Gasteiger partial charge on any atom is -0.497 e. The normalized spacial score (nSPS) is 37.5. The lowest BCUT2D eigenvalue weighted by Gasteiger charge is -2.55. The number of fused-ring (bicyclic) bond motifs is 5. The molecule has 26 heavy (non-hydrogen) atoms. The number of halogens is 1. The maximum atomic E-state index is 11.9. The third kappa shape index (κ3) is 2.56. The molecular formula is C22H27BrO3. The Bertz CT molecular complexity index is 758. The molecule has 3 nitrogen and oxygen atoms in total. The standard InChI is InChI=1S/C22H27BrO3/c1-21-10-8-14-12-15(25-3)4-5-16(14)17(21)9-11-22(2)18(21)6-7-19(22)26-20(24)13-23/h4-5,8,10,12,17-19H,6-7,9,11,13H2,1-3H3. The summed E-state index contributed by atoms with van der Waals surface area (Å²) in [7, 11) is 1.72. The quantitative estimate of drug-likeness (QED) is 0.491. The van der Waals surface area contributed by atoms with E-state index in [0.717, 1.165) is 31.4 Å². The smallest absolute Gasteiger partial charge is 0.316 e. The lowest BCUT2D eigenvalue weighted by molar-refractivity contribution is -0.155. The van der Waals surface area contributed by atoms with Crippen LogP contribution in [-0.2, 0) is 9.53 Å². The van der Waals surface area contributed by atoms with Crippen LogP contribution in [0.15, 0.2) is 24.3 Å². The van der Waals surface area contributed by atoms with Crippen LogP contribution in [0.25, 0.3) is 6.08 Å². The van der Waals surface area contributed by atoms with Crippen molar-refractivity contribution in [2.75, 3.05) is 12.4 Å². The van der Waals surface area contributed by atoms with Crippen molar-refractivity contribution in [3.8, 4) is 5.75 Å². The van der Waals surface area contributed by atoms with Gasteiger partial charge in [-0.3, -0.25) is 4.79 Å². The van der Waals surface area contributed by atoms with Crippen LogP contribution in [0, 0.1) is 16.7 Å². The molecule has 0 N–H and O–H groups in total. The number of carbonyl (C=O) groups is 1. The number of hydrogen-bond donors (Lipinski definition) is 0. The lowest BCUT2D eigenvalue weighted by Crippen LogP contribution is -2.49. The first-order chi connectivity index (χ1) is 12.4. The zero-order chi connectivity index (χ0) is 18.5. The number of rotatable bonds is 3. The summed E-state index contributed by atoms with van der Waals surface area (Å²) < 4.78 is 11.2. The molecule has 5 atom stereocenters. The number of hydrogen-bond acceptors (Lipinski definition) is 3. The van der Waals surface area contributed by atoms with Gasteiger partial charge in [0, 0.05) is 5.41 Å². The highest BCUT2D eigenvalue weighted by atomic mass is 79.9. The van der Waals surface area contributed by atoms with E-state index in [9.17, 15) is 4.79 Å². The number of alkyl halides is 1. The van der Waals surface area contributed by atoms with Crippen molar-refractivity contribution in [2.24, 2.45) is 16.7 Å². The van der Waals surface area contributed by atoms with E-state index >= 15 is 0 Å². The largest absolute Gasteiger partial charge is 0.497 e. The summed E-state index contributed by atoms with van der Waals surface area (Å²) in [6.07, 6.45) is 9.09. The molecule has 1 aromatic rings. The number of benzene rings is 1. The molecule has 0 saturated heterocycles. The number of carbonyl (C=O) groups excluding carboxylic acids is 1. The van der Waals surface area contributed by atoms with Gasteiger partial charge < -0.3 is 9.47 Å². The Balaban J connectivity index is 1.68. The molecule has 4 rings (SSSR count). The molecule has 0 amide bonds. The van der Waals surface area contributed by atoms with E-state index in [1.54, 1.807) is 7.11 Å². The molecule has 2 saturated carbocycles. The molecule has 3 aliphatic rings. The van der Waals surface area contributed by atoms with Crippen LogP contribution < -0.4 is 4.74 Å². The molecule has 0 aromatic heterocycles. The molecule has 0 aliphatic heterocycles. The fraction of sp³-hybridized carbons (Fsp3) is 0.591. The van der Waals surface area contributed by atoms with Crippen molar-refractivity contribution < 1.29 is 14.3 Å². The molecule has 0 bridgehead atoms. The number of methoxy groups -OCH3 is 1. The molecule has 0 heterocycles. The monoisotopic (exact) mass is 418 g/mol. The van der Waals surface area contributed by atoms with Crippen LogP contribution in [0.4, 0.5) is 0 Å². The zero-order valence-corrected chi connectivity index (χ0v) is 17.3. The summed E-state index contributed by atoms with van der Waals surface area (Å²) in [5.41, 5.74) is 2.91. The van der Waals surface area contributed by atoms with Crippen LogP contribution in [0.3, 0.4) is 0 Å². The highest BCUT2D eigenvalue weighted by molar-refractivity contribution is 9.09. The van der Waals surface area contributed by atoms with Crippen molar-refractivity contribution in [3.05, 3.63) is 35.4 Å². The van der Waals surface area contributed by atoms with E-state index < -0.39 is 0 Å². The van der Waals surface area contributed by atoms with Crippen molar-refractivity contribution >= 4 is 28.0 Å². The second kappa shape index (κ2) is 6.40. The molecule has 3 aliphatic carbocycles.